The van der Waals surface area contributed by atoms with E-state index in [0.29, 0.717) is 0 Å². The summed E-state index contributed by atoms with van der Waals surface area (Å²) in [6.07, 6.45) is 1.17. The van der Waals surface area contributed by atoms with Gasteiger partial charge in [0.15, 0.2) is 0 Å². The van der Waals surface area contributed by atoms with Gasteiger partial charge in [-0.3, -0.25) is 0 Å². The Labute approximate surface area is 121 Å². The molecule has 1 aliphatic heterocycles. The third-order valence-electron chi connectivity index (χ3n) is 4.45. The lowest BCUT2D eigenvalue weighted by atomic mass is 9.74. The molecule has 0 unspecified atom stereocenters. The molecule has 2 aromatic carbocycles. The highest BCUT2D eigenvalue weighted by Gasteiger charge is 2.40. The molecule has 1 heterocycles. The first-order valence-corrected chi connectivity index (χ1v) is 7.39. The lowest BCUT2D eigenvalue weighted by molar-refractivity contribution is 0.331. The molecule has 0 amide bonds. The first-order valence-electron chi connectivity index (χ1n) is 7.39. The molecule has 0 bridgehead atoms. The molecule has 2 N–H and O–H groups in total. The monoisotopic (exact) mass is 266 g/mol. The largest absolute Gasteiger partial charge is 0.329 e. The van der Waals surface area contributed by atoms with E-state index >= 15 is 0 Å². The van der Waals surface area contributed by atoms with Crippen LogP contribution in [0.15, 0.2) is 60.7 Å². The predicted molar refractivity (Wildman–Crippen MR) is 83.8 cm³/mol. The van der Waals surface area contributed by atoms with Crippen LogP contribution in [-0.2, 0) is 5.41 Å². The molecular weight excluding hydrogens is 244 g/mol. The Morgan fingerprint density at radius 1 is 0.900 bits per heavy atom. The lowest BCUT2D eigenvalue weighted by Gasteiger charge is -2.31. The summed E-state index contributed by atoms with van der Waals surface area (Å²) in [6.45, 7) is 3.92. The highest BCUT2D eigenvalue weighted by atomic mass is 15.2. The molecule has 0 atom stereocenters. The van der Waals surface area contributed by atoms with Gasteiger partial charge in [0.25, 0.3) is 0 Å². The third kappa shape index (κ3) is 2.37. The number of hydrogen-bond donors (Lipinski definition) is 1. The Bertz CT molecular complexity index is 496. The second-order valence-corrected chi connectivity index (χ2v) is 5.63. The van der Waals surface area contributed by atoms with Crippen molar-refractivity contribution in [1.82, 2.24) is 4.90 Å². The second-order valence-electron chi connectivity index (χ2n) is 5.63. The van der Waals surface area contributed by atoms with E-state index in [1.807, 2.05) is 0 Å². The summed E-state index contributed by atoms with van der Waals surface area (Å²) >= 11 is 0. The minimum absolute atomic E-state index is 0.123. The van der Waals surface area contributed by atoms with Gasteiger partial charge in [0.05, 0.1) is 0 Å². The predicted octanol–water partition coefficient (Wildman–Crippen LogP) is 2.64. The maximum absolute atomic E-state index is 5.73. The van der Waals surface area contributed by atoms with Gasteiger partial charge >= 0.3 is 0 Å². The van der Waals surface area contributed by atoms with E-state index in [1.54, 1.807) is 0 Å². The summed E-state index contributed by atoms with van der Waals surface area (Å²) in [5.74, 6) is 0. The van der Waals surface area contributed by atoms with Crippen molar-refractivity contribution < 1.29 is 0 Å². The summed E-state index contributed by atoms with van der Waals surface area (Å²) in [7, 11) is 0. The molecular formula is C18H22N2. The van der Waals surface area contributed by atoms with Gasteiger partial charge in [0.1, 0.15) is 0 Å². The molecule has 104 valence electrons. The average molecular weight is 266 g/mol. The molecule has 0 aliphatic carbocycles. The molecule has 1 fully saturated rings. The van der Waals surface area contributed by atoms with Crippen LogP contribution in [0.5, 0.6) is 0 Å². The average Bonchev–Trinajstić information content (AvgIpc) is 2.95. The van der Waals surface area contributed by atoms with Crippen molar-refractivity contribution in [3.05, 3.63) is 71.8 Å². The van der Waals surface area contributed by atoms with E-state index in [0.717, 1.165) is 26.2 Å². The Kier molecular flexibility index (Phi) is 3.86. The molecule has 1 aliphatic rings. The molecule has 1 saturated heterocycles. The Morgan fingerprint density at radius 2 is 1.45 bits per heavy atom. The van der Waals surface area contributed by atoms with Crippen LogP contribution < -0.4 is 5.73 Å². The SMILES string of the molecule is NCCN1CCC(c2ccccc2)(c2ccccc2)C1. The standard InChI is InChI=1S/C18H22N2/c19-12-14-20-13-11-18(15-20,16-7-3-1-4-8-16)17-9-5-2-6-10-17/h1-10H,11-15,19H2. The van der Waals surface area contributed by atoms with E-state index in [1.165, 1.54) is 17.5 Å². The molecule has 0 aromatic heterocycles. The van der Waals surface area contributed by atoms with E-state index in [2.05, 4.69) is 65.6 Å². The molecule has 0 spiro atoms. The lowest BCUT2D eigenvalue weighted by Crippen LogP contribution is -2.34. The fourth-order valence-corrected chi connectivity index (χ4v) is 3.41. The summed E-state index contributed by atoms with van der Waals surface area (Å²) in [5, 5.41) is 0. The first kappa shape index (κ1) is 13.3. The van der Waals surface area contributed by atoms with Gasteiger partial charge in [-0.2, -0.15) is 0 Å². The van der Waals surface area contributed by atoms with Crippen LogP contribution in [0.3, 0.4) is 0 Å². The van der Waals surface area contributed by atoms with Crippen LogP contribution in [0.25, 0.3) is 0 Å². The van der Waals surface area contributed by atoms with Crippen molar-refractivity contribution in [2.24, 2.45) is 5.73 Å². The van der Waals surface area contributed by atoms with Crippen molar-refractivity contribution in [2.75, 3.05) is 26.2 Å². The zero-order valence-corrected chi connectivity index (χ0v) is 11.8. The van der Waals surface area contributed by atoms with Crippen LogP contribution in [0.2, 0.25) is 0 Å². The van der Waals surface area contributed by atoms with Gasteiger partial charge in [-0.05, 0) is 24.1 Å². The summed E-state index contributed by atoms with van der Waals surface area (Å²) in [4.78, 5) is 2.49. The number of nitrogens with zero attached hydrogens (tertiary/aromatic N) is 1. The molecule has 2 heteroatoms. The van der Waals surface area contributed by atoms with Crippen LogP contribution in [0.1, 0.15) is 17.5 Å². The van der Waals surface area contributed by atoms with Crippen molar-refractivity contribution in [2.45, 2.75) is 11.8 Å². The highest BCUT2D eigenvalue weighted by Crippen LogP contribution is 2.40. The van der Waals surface area contributed by atoms with Crippen LogP contribution in [0.4, 0.5) is 0 Å². The van der Waals surface area contributed by atoms with Gasteiger partial charge < -0.3 is 10.6 Å². The third-order valence-corrected chi connectivity index (χ3v) is 4.45. The van der Waals surface area contributed by atoms with Gasteiger partial charge in [-0.1, -0.05) is 60.7 Å². The normalized spacial score (nSPS) is 18.2. The number of rotatable bonds is 4. The molecule has 0 radical (unpaired) electrons. The van der Waals surface area contributed by atoms with Gasteiger partial charge in [-0.25, -0.2) is 0 Å². The van der Waals surface area contributed by atoms with Gasteiger partial charge in [0.2, 0.25) is 0 Å². The van der Waals surface area contributed by atoms with Crippen LogP contribution in [-0.4, -0.2) is 31.1 Å². The fraction of sp³-hybridized carbons (Fsp3) is 0.333. The maximum atomic E-state index is 5.73. The number of likely N-dealkylation sites (tertiary alicyclic amines) is 1. The molecule has 0 saturated carbocycles. The Balaban J connectivity index is 2.01. The van der Waals surface area contributed by atoms with Gasteiger partial charge in [0, 0.05) is 25.0 Å². The quantitative estimate of drug-likeness (QED) is 0.922. The van der Waals surface area contributed by atoms with E-state index in [4.69, 9.17) is 5.73 Å². The molecule has 2 aromatic rings. The fourth-order valence-electron chi connectivity index (χ4n) is 3.41. The second kappa shape index (κ2) is 5.78. The highest BCUT2D eigenvalue weighted by molar-refractivity contribution is 5.41. The molecule has 3 rings (SSSR count). The number of benzene rings is 2. The zero-order valence-electron chi connectivity index (χ0n) is 11.8. The Hall–Kier alpha value is -1.64. The molecule has 2 nitrogen and oxygen atoms in total. The first-order chi connectivity index (χ1) is 9.85. The topological polar surface area (TPSA) is 29.3 Å². The summed E-state index contributed by atoms with van der Waals surface area (Å²) in [6, 6.07) is 21.8. The van der Waals surface area contributed by atoms with E-state index in [9.17, 15) is 0 Å². The summed E-state index contributed by atoms with van der Waals surface area (Å²) in [5.41, 5.74) is 8.70. The van der Waals surface area contributed by atoms with E-state index < -0.39 is 0 Å². The van der Waals surface area contributed by atoms with E-state index in [-0.39, 0.29) is 5.41 Å². The van der Waals surface area contributed by atoms with Gasteiger partial charge in [-0.15, -0.1) is 0 Å². The zero-order chi connectivity index (χ0) is 13.8. The number of nitrogens with two attached hydrogens (primary N) is 1. The molecule has 20 heavy (non-hydrogen) atoms. The minimum atomic E-state index is 0.123. The van der Waals surface area contributed by atoms with Crippen LogP contribution in [0, 0.1) is 0 Å². The van der Waals surface area contributed by atoms with Crippen molar-refractivity contribution >= 4 is 0 Å². The smallest absolute Gasteiger partial charge is 0.0341 e. The Morgan fingerprint density at radius 3 is 1.95 bits per heavy atom. The minimum Gasteiger partial charge on any atom is -0.329 e. The van der Waals surface area contributed by atoms with Crippen molar-refractivity contribution in [3.8, 4) is 0 Å². The van der Waals surface area contributed by atoms with Crippen molar-refractivity contribution in [1.29, 1.82) is 0 Å². The summed E-state index contributed by atoms with van der Waals surface area (Å²) < 4.78 is 0. The number of hydrogen-bond acceptors (Lipinski definition) is 2. The van der Waals surface area contributed by atoms with Crippen LogP contribution >= 0.6 is 0 Å². The van der Waals surface area contributed by atoms with Crippen molar-refractivity contribution in [3.63, 3.8) is 0 Å². The maximum Gasteiger partial charge on any atom is 0.0341 e.